The van der Waals surface area contributed by atoms with E-state index in [1.165, 1.54) is 12.1 Å². The standard InChI is InChI=1S/C28H18F8O/c1-2-3-15-4-6-16(7-5-15)19-9-10-20(26(33)25(19)32)17-8-11-21(22(29)12-17)28(35,36)37-18-13-23(30)27(34)24(31)14-18/h4-14H,2-3H2,1H3. The van der Waals surface area contributed by atoms with Crippen LogP contribution < -0.4 is 4.74 Å². The summed E-state index contributed by atoms with van der Waals surface area (Å²) in [6.07, 6.45) is -2.68. The second-order valence-corrected chi connectivity index (χ2v) is 8.25. The van der Waals surface area contributed by atoms with Crippen molar-refractivity contribution in [1.82, 2.24) is 0 Å². The number of rotatable bonds is 7. The molecule has 0 aliphatic heterocycles. The van der Waals surface area contributed by atoms with Crippen molar-refractivity contribution in [2.24, 2.45) is 0 Å². The molecule has 4 aromatic carbocycles. The van der Waals surface area contributed by atoms with Crippen LogP contribution in [0.15, 0.2) is 66.7 Å². The van der Waals surface area contributed by atoms with Crippen molar-refractivity contribution >= 4 is 0 Å². The Labute approximate surface area is 207 Å². The van der Waals surface area contributed by atoms with Gasteiger partial charge in [0.05, 0.1) is 5.56 Å². The zero-order valence-corrected chi connectivity index (χ0v) is 19.2. The van der Waals surface area contributed by atoms with E-state index in [1.54, 1.807) is 24.3 Å². The van der Waals surface area contributed by atoms with Gasteiger partial charge >= 0.3 is 6.11 Å². The van der Waals surface area contributed by atoms with Gasteiger partial charge < -0.3 is 4.74 Å². The maximum Gasteiger partial charge on any atom is 0.429 e. The maximum absolute atomic E-state index is 14.9. The van der Waals surface area contributed by atoms with E-state index in [0.717, 1.165) is 24.5 Å². The van der Waals surface area contributed by atoms with Gasteiger partial charge in [-0.25, -0.2) is 26.3 Å². The third-order valence-corrected chi connectivity index (χ3v) is 5.68. The van der Waals surface area contributed by atoms with Crippen LogP contribution in [0.2, 0.25) is 0 Å². The topological polar surface area (TPSA) is 9.23 Å². The summed E-state index contributed by atoms with van der Waals surface area (Å²) in [6, 6.07) is 11.8. The van der Waals surface area contributed by atoms with Crippen LogP contribution in [-0.4, -0.2) is 0 Å². The Morgan fingerprint density at radius 2 is 1.16 bits per heavy atom. The van der Waals surface area contributed by atoms with Crippen LogP contribution in [0.25, 0.3) is 22.3 Å². The molecule has 0 N–H and O–H groups in total. The first-order valence-electron chi connectivity index (χ1n) is 11.1. The third kappa shape index (κ3) is 5.30. The number of ether oxygens (including phenoxy) is 1. The lowest BCUT2D eigenvalue weighted by atomic mass is 9.97. The smallest absolute Gasteiger partial charge is 0.429 e. The molecule has 1 nitrogen and oxygen atoms in total. The van der Waals surface area contributed by atoms with Crippen LogP contribution in [0.4, 0.5) is 35.1 Å². The molecule has 0 atom stereocenters. The van der Waals surface area contributed by atoms with Crippen molar-refractivity contribution in [2.45, 2.75) is 25.9 Å². The van der Waals surface area contributed by atoms with Gasteiger partial charge in [0.2, 0.25) is 0 Å². The van der Waals surface area contributed by atoms with Crippen molar-refractivity contribution in [1.29, 1.82) is 0 Å². The Morgan fingerprint density at radius 3 is 1.70 bits per heavy atom. The van der Waals surface area contributed by atoms with Crippen molar-refractivity contribution in [3.63, 3.8) is 0 Å². The molecule has 0 bridgehead atoms. The Morgan fingerprint density at radius 1 is 0.622 bits per heavy atom. The number of benzene rings is 4. The molecule has 192 valence electrons. The highest BCUT2D eigenvalue weighted by molar-refractivity contribution is 5.72. The molecule has 9 heteroatoms. The summed E-state index contributed by atoms with van der Waals surface area (Å²) in [5, 5.41) is 0. The molecular weight excluding hydrogens is 504 g/mol. The lowest BCUT2D eigenvalue weighted by Crippen LogP contribution is -2.23. The summed E-state index contributed by atoms with van der Waals surface area (Å²) in [4.78, 5) is 0. The molecule has 0 saturated heterocycles. The molecular formula is C28H18F8O. The van der Waals surface area contributed by atoms with E-state index in [9.17, 15) is 35.1 Å². The SMILES string of the molecule is CCCc1ccc(-c2ccc(-c3ccc(C(F)(F)Oc4cc(F)c(F)c(F)c4)c(F)c3)c(F)c2F)cc1. The Hall–Kier alpha value is -3.88. The minimum absolute atomic E-state index is 0.0277. The van der Waals surface area contributed by atoms with Gasteiger partial charge in [0.15, 0.2) is 29.1 Å². The zero-order valence-electron chi connectivity index (χ0n) is 19.2. The Kier molecular flexibility index (Phi) is 7.25. The molecule has 37 heavy (non-hydrogen) atoms. The van der Waals surface area contributed by atoms with Gasteiger partial charge in [0.25, 0.3) is 0 Å². The fourth-order valence-corrected chi connectivity index (χ4v) is 3.85. The van der Waals surface area contributed by atoms with Gasteiger partial charge in [-0.15, -0.1) is 0 Å². The van der Waals surface area contributed by atoms with Crippen LogP contribution in [0, 0.1) is 34.9 Å². The first-order valence-corrected chi connectivity index (χ1v) is 11.1. The highest BCUT2D eigenvalue weighted by Gasteiger charge is 2.38. The monoisotopic (exact) mass is 522 g/mol. The van der Waals surface area contributed by atoms with Crippen LogP contribution in [-0.2, 0) is 12.5 Å². The average Bonchev–Trinajstić information content (AvgIpc) is 2.84. The molecule has 0 fully saturated rings. The Bertz CT molecular complexity index is 1420. The number of alkyl halides is 2. The second kappa shape index (κ2) is 10.2. The van der Waals surface area contributed by atoms with Crippen molar-refractivity contribution in [3.05, 3.63) is 113 Å². The largest absolute Gasteiger partial charge is 0.429 e. The van der Waals surface area contributed by atoms with E-state index < -0.39 is 52.3 Å². The van der Waals surface area contributed by atoms with Crippen molar-refractivity contribution < 1.29 is 39.9 Å². The summed E-state index contributed by atoms with van der Waals surface area (Å²) < 4.78 is 117. The van der Waals surface area contributed by atoms with E-state index in [-0.39, 0.29) is 28.8 Å². The summed E-state index contributed by atoms with van der Waals surface area (Å²) in [5.41, 5.74) is -0.519. The number of hydrogen-bond acceptors (Lipinski definition) is 1. The highest BCUT2D eigenvalue weighted by Crippen LogP contribution is 2.37. The lowest BCUT2D eigenvalue weighted by molar-refractivity contribution is -0.187. The molecule has 4 rings (SSSR count). The molecule has 0 amide bonds. The minimum atomic E-state index is -4.43. The van der Waals surface area contributed by atoms with Gasteiger partial charge in [0, 0.05) is 23.3 Å². The predicted molar refractivity (Wildman–Crippen MR) is 122 cm³/mol. The van der Waals surface area contributed by atoms with Gasteiger partial charge in [-0.2, -0.15) is 8.78 Å². The molecule has 0 aliphatic carbocycles. The molecule has 0 aromatic heterocycles. The van der Waals surface area contributed by atoms with Gasteiger partial charge in [-0.05, 0) is 35.2 Å². The van der Waals surface area contributed by atoms with Crippen LogP contribution in [0.5, 0.6) is 5.75 Å². The van der Waals surface area contributed by atoms with Crippen molar-refractivity contribution in [3.8, 4) is 28.0 Å². The molecule has 0 spiro atoms. The molecule has 0 saturated carbocycles. The van der Waals surface area contributed by atoms with Crippen molar-refractivity contribution in [2.75, 3.05) is 0 Å². The van der Waals surface area contributed by atoms with E-state index in [4.69, 9.17) is 0 Å². The van der Waals surface area contributed by atoms with Crippen LogP contribution >= 0.6 is 0 Å². The van der Waals surface area contributed by atoms with Gasteiger partial charge in [-0.1, -0.05) is 55.8 Å². The first-order chi connectivity index (χ1) is 17.5. The van der Waals surface area contributed by atoms with E-state index in [1.807, 2.05) is 6.92 Å². The first kappa shape index (κ1) is 26.2. The highest BCUT2D eigenvalue weighted by atomic mass is 19.3. The molecule has 0 unspecified atom stereocenters. The fraction of sp³-hybridized carbons (Fsp3) is 0.143. The summed E-state index contributed by atoms with van der Waals surface area (Å²) in [5.74, 6) is -10.6. The number of aryl methyl sites for hydroxylation is 1. The molecule has 0 heterocycles. The Balaban J connectivity index is 1.63. The number of hydrogen-bond donors (Lipinski definition) is 0. The normalized spacial score (nSPS) is 11.6. The van der Waals surface area contributed by atoms with Crippen LogP contribution in [0.1, 0.15) is 24.5 Å². The maximum atomic E-state index is 14.9. The fourth-order valence-electron chi connectivity index (χ4n) is 3.85. The zero-order chi connectivity index (χ0) is 26.9. The van der Waals surface area contributed by atoms with Gasteiger partial charge in [0.1, 0.15) is 11.6 Å². The predicted octanol–water partition coefficient (Wildman–Crippen LogP) is 8.94. The third-order valence-electron chi connectivity index (χ3n) is 5.68. The molecule has 4 aromatic rings. The average molecular weight is 522 g/mol. The minimum Gasteiger partial charge on any atom is -0.429 e. The quantitative estimate of drug-likeness (QED) is 0.174. The summed E-state index contributed by atoms with van der Waals surface area (Å²) in [6.45, 7) is 2.01. The summed E-state index contributed by atoms with van der Waals surface area (Å²) >= 11 is 0. The molecule has 0 aliphatic rings. The summed E-state index contributed by atoms with van der Waals surface area (Å²) in [7, 11) is 0. The second-order valence-electron chi connectivity index (χ2n) is 8.25. The van der Waals surface area contributed by atoms with E-state index in [2.05, 4.69) is 4.74 Å². The lowest BCUT2D eigenvalue weighted by Gasteiger charge is -2.19. The van der Waals surface area contributed by atoms with Gasteiger partial charge in [-0.3, -0.25) is 0 Å². The number of halogens is 8. The van der Waals surface area contributed by atoms with E-state index >= 15 is 0 Å². The molecule has 0 radical (unpaired) electrons. The van der Waals surface area contributed by atoms with Crippen LogP contribution in [0.3, 0.4) is 0 Å². The van der Waals surface area contributed by atoms with E-state index in [0.29, 0.717) is 17.7 Å².